The largest absolute Gasteiger partial charge is 0.208 e. The van der Waals surface area contributed by atoms with Gasteiger partial charge in [-0.15, -0.1) is 11.3 Å². The molecular weight excluding hydrogens is 747 g/mol. The van der Waals surface area contributed by atoms with Crippen molar-refractivity contribution in [3.8, 4) is 56.4 Å². The van der Waals surface area contributed by atoms with E-state index in [-0.39, 0.29) is 0 Å². The highest BCUT2D eigenvalue weighted by Gasteiger charge is 2.46. The normalized spacial score (nSPS) is 12.8. The Hall–Kier alpha value is -7.53. The summed E-state index contributed by atoms with van der Waals surface area (Å²) >= 11 is 1.86. The van der Waals surface area contributed by atoms with Crippen LogP contribution in [0.4, 0.5) is 0 Å². The molecule has 9 aromatic carbocycles. The highest BCUT2D eigenvalue weighted by Crippen LogP contribution is 2.56. The molecular formula is C56H35N3S. The average Bonchev–Trinajstić information content (AvgIpc) is 3.86. The Kier molecular flexibility index (Phi) is 7.94. The van der Waals surface area contributed by atoms with Crippen LogP contribution < -0.4 is 0 Å². The quantitative estimate of drug-likeness (QED) is 0.169. The average molecular weight is 782 g/mol. The van der Waals surface area contributed by atoms with Crippen LogP contribution in [0.15, 0.2) is 212 Å². The predicted molar refractivity (Wildman–Crippen MR) is 249 cm³/mol. The summed E-state index contributed by atoms with van der Waals surface area (Å²) in [4.78, 5) is 15.1. The highest BCUT2D eigenvalue weighted by molar-refractivity contribution is 7.25. The summed E-state index contributed by atoms with van der Waals surface area (Å²) in [5.41, 5.74) is 12.5. The lowest BCUT2D eigenvalue weighted by Gasteiger charge is -2.34. The van der Waals surface area contributed by atoms with E-state index in [0.717, 1.165) is 27.6 Å². The number of thiophene rings is 1. The van der Waals surface area contributed by atoms with Gasteiger partial charge in [-0.25, -0.2) is 15.0 Å². The van der Waals surface area contributed by atoms with Gasteiger partial charge < -0.3 is 0 Å². The Morgan fingerprint density at radius 2 is 0.883 bits per heavy atom. The summed E-state index contributed by atoms with van der Waals surface area (Å²) in [6.07, 6.45) is 0. The van der Waals surface area contributed by atoms with Crippen LogP contribution in [0.5, 0.6) is 0 Å². The van der Waals surface area contributed by atoms with Gasteiger partial charge in [0.15, 0.2) is 17.5 Å². The van der Waals surface area contributed by atoms with Crippen molar-refractivity contribution in [3.05, 3.63) is 235 Å². The second kappa shape index (κ2) is 13.8. The molecule has 0 aliphatic heterocycles. The van der Waals surface area contributed by atoms with E-state index in [1.54, 1.807) is 0 Å². The van der Waals surface area contributed by atoms with Crippen molar-refractivity contribution in [1.29, 1.82) is 0 Å². The predicted octanol–water partition coefficient (Wildman–Crippen LogP) is 14.4. The molecule has 0 spiro atoms. The van der Waals surface area contributed by atoms with Gasteiger partial charge in [-0.05, 0) is 79.5 Å². The zero-order chi connectivity index (χ0) is 39.6. The molecule has 4 heteroatoms. The summed E-state index contributed by atoms with van der Waals surface area (Å²) < 4.78 is 2.55. The van der Waals surface area contributed by atoms with Crippen LogP contribution in [-0.2, 0) is 5.41 Å². The molecule has 2 heterocycles. The van der Waals surface area contributed by atoms with Crippen molar-refractivity contribution in [3.63, 3.8) is 0 Å². The molecule has 280 valence electrons. The van der Waals surface area contributed by atoms with Crippen LogP contribution in [0.25, 0.3) is 87.4 Å². The summed E-state index contributed by atoms with van der Waals surface area (Å²) in [6.45, 7) is 0. The summed E-state index contributed by atoms with van der Waals surface area (Å²) in [5, 5.41) is 4.89. The Bertz CT molecular complexity index is 3380. The summed E-state index contributed by atoms with van der Waals surface area (Å²) in [7, 11) is 0. The molecule has 0 saturated carbocycles. The lowest BCUT2D eigenvalue weighted by molar-refractivity contribution is 0.770. The topological polar surface area (TPSA) is 38.7 Å². The first-order valence-electron chi connectivity index (χ1n) is 20.3. The maximum atomic E-state index is 5.08. The number of benzene rings is 9. The minimum absolute atomic E-state index is 0.456. The molecule has 0 atom stereocenters. The van der Waals surface area contributed by atoms with Crippen molar-refractivity contribution in [2.45, 2.75) is 5.41 Å². The van der Waals surface area contributed by atoms with Gasteiger partial charge in [-0.2, -0.15) is 0 Å². The highest BCUT2D eigenvalue weighted by atomic mass is 32.1. The third-order valence-electron chi connectivity index (χ3n) is 12.2. The fourth-order valence-electron chi connectivity index (χ4n) is 9.49. The van der Waals surface area contributed by atoms with Gasteiger partial charge in [0.1, 0.15) is 0 Å². The molecule has 0 unspecified atom stereocenters. The molecule has 1 aliphatic rings. The van der Waals surface area contributed by atoms with Crippen molar-refractivity contribution in [1.82, 2.24) is 15.0 Å². The van der Waals surface area contributed by atoms with Gasteiger partial charge in [-0.3, -0.25) is 0 Å². The van der Waals surface area contributed by atoms with Gasteiger partial charge >= 0.3 is 0 Å². The summed E-state index contributed by atoms with van der Waals surface area (Å²) in [5.74, 6) is 1.95. The number of aromatic nitrogens is 3. The molecule has 12 rings (SSSR count). The Morgan fingerprint density at radius 1 is 0.333 bits per heavy atom. The third-order valence-corrected chi connectivity index (χ3v) is 13.4. The maximum absolute atomic E-state index is 5.08. The first kappa shape index (κ1) is 34.5. The molecule has 0 bridgehead atoms. The number of hydrogen-bond acceptors (Lipinski definition) is 4. The fourth-order valence-corrected chi connectivity index (χ4v) is 10.6. The third kappa shape index (κ3) is 5.38. The zero-order valence-corrected chi connectivity index (χ0v) is 33.3. The first-order chi connectivity index (χ1) is 29.7. The number of rotatable bonds is 6. The van der Waals surface area contributed by atoms with Gasteiger partial charge in [0, 0.05) is 36.9 Å². The van der Waals surface area contributed by atoms with E-state index in [4.69, 9.17) is 15.0 Å². The zero-order valence-electron chi connectivity index (χ0n) is 32.5. The second-order valence-electron chi connectivity index (χ2n) is 15.5. The van der Waals surface area contributed by atoms with Gasteiger partial charge in [0.2, 0.25) is 0 Å². The molecule has 0 fully saturated rings. The van der Waals surface area contributed by atoms with Crippen LogP contribution in [0.3, 0.4) is 0 Å². The van der Waals surface area contributed by atoms with Crippen LogP contribution in [0, 0.1) is 0 Å². The molecule has 0 amide bonds. The lowest BCUT2D eigenvalue weighted by atomic mass is 9.67. The van der Waals surface area contributed by atoms with E-state index in [1.165, 1.54) is 64.5 Å². The Balaban J connectivity index is 1.000. The van der Waals surface area contributed by atoms with Crippen LogP contribution >= 0.6 is 11.3 Å². The molecule has 2 aromatic heterocycles. The summed E-state index contributed by atoms with van der Waals surface area (Å²) in [6, 6.07) is 76.5. The van der Waals surface area contributed by atoms with Crippen LogP contribution in [0.2, 0.25) is 0 Å². The van der Waals surface area contributed by atoms with Gasteiger partial charge in [0.25, 0.3) is 0 Å². The van der Waals surface area contributed by atoms with Crippen molar-refractivity contribution < 1.29 is 0 Å². The number of fused-ring (bicyclic) bond motifs is 7. The molecule has 1 aliphatic carbocycles. The van der Waals surface area contributed by atoms with Crippen LogP contribution in [-0.4, -0.2) is 15.0 Å². The standard InChI is InChI=1S/C56H35N3S/c1-3-15-38(16-4-1)53-57-54(59-55(58-53)41-31-26-36-14-7-8-17-40(36)34-41)39-29-27-37(28-30-39)44-22-13-25-51-52(44)47-35-43(32-33-50(47)60-51)56(42-18-5-2-6-19-42)48-23-11-9-20-45(48)46-21-10-12-24-49(46)56/h1-35H. The van der Waals surface area contributed by atoms with E-state index in [0.29, 0.717) is 17.5 Å². The minimum Gasteiger partial charge on any atom is -0.208 e. The fraction of sp³-hybridized carbons (Fsp3) is 0.0179. The smallest absolute Gasteiger partial charge is 0.164 e. The molecule has 0 radical (unpaired) electrons. The van der Waals surface area contributed by atoms with E-state index in [2.05, 4.69) is 194 Å². The molecule has 3 nitrogen and oxygen atoms in total. The van der Waals surface area contributed by atoms with E-state index in [1.807, 2.05) is 29.5 Å². The second-order valence-corrected chi connectivity index (χ2v) is 16.6. The molecule has 60 heavy (non-hydrogen) atoms. The minimum atomic E-state index is -0.456. The van der Waals surface area contributed by atoms with Crippen LogP contribution in [0.1, 0.15) is 22.3 Å². The van der Waals surface area contributed by atoms with Crippen molar-refractivity contribution >= 4 is 42.3 Å². The number of nitrogens with zero attached hydrogens (tertiary/aromatic N) is 3. The van der Waals surface area contributed by atoms with Crippen molar-refractivity contribution in [2.24, 2.45) is 0 Å². The Morgan fingerprint density at radius 3 is 1.60 bits per heavy atom. The lowest BCUT2D eigenvalue weighted by Crippen LogP contribution is -2.28. The van der Waals surface area contributed by atoms with E-state index in [9.17, 15) is 0 Å². The maximum Gasteiger partial charge on any atom is 0.164 e. The van der Waals surface area contributed by atoms with E-state index < -0.39 is 5.41 Å². The monoisotopic (exact) mass is 781 g/mol. The van der Waals surface area contributed by atoms with Gasteiger partial charge in [0.05, 0.1) is 5.41 Å². The first-order valence-corrected chi connectivity index (χ1v) is 21.2. The molecule has 0 saturated heterocycles. The molecule has 0 N–H and O–H groups in total. The van der Waals surface area contributed by atoms with E-state index >= 15 is 0 Å². The van der Waals surface area contributed by atoms with Crippen molar-refractivity contribution in [2.75, 3.05) is 0 Å². The molecule has 11 aromatic rings. The Labute approximate surface area is 352 Å². The number of hydrogen-bond donors (Lipinski definition) is 0. The SMILES string of the molecule is c1ccc(-c2nc(-c3ccc(-c4cccc5sc6ccc(C7(c8ccccc8)c8ccccc8-c8ccccc87)cc6c45)cc3)nc(-c3ccc4ccccc4c3)n2)cc1. The van der Waals surface area contributed by atoms with Gasteiger partial charge in [-0.1, -0.05) is 188 Å².